The second-order valence-corrected chi connectivity index (χ2v) is 23.5. The van der Waals surface area contributed by atoms with Gasteiger partial charge in [0.2, 0.25) is 5.91 Å². The van der Waals surface area contributed by atoms with Crippen molar-refractivity contribution >= 4 is 11.9 Å². The Bertz CT molecular complexity index is 1170. The summed E-state index contributed by atoms with van der Waals surface area (Å²) in [7, 11) is 0. The standard InChI is InChI=1S/C69H133NO5/c1-3-5-7-9-11-13-15-17-19-21-25-29-33-37-41-45-49-53-57-61-67(72)66(65-71)70-68(73)62-58-54-50-46-42-38-34-30-27-23-24-28-32-36-40-44-48-52-56-60-64-75-69(74)63-59-55-51-47-43-39-35-31-26-22-20-18-16-14-12-10-8-6-4-2/h23,27,57,61,66-67,71-72H,3-22,24-26,28-56,58-60,62-65H2,1-2H3,(H,70,73)/b27-23-,61-57+. The third-order valence-corrected chi connectivity index (χ3v) is 16.0. The molecular formula is C69H133NO5. The number of aliphatic hydroxyl groups is 2. The molecule has 75 heavy (non-hydrogen) atoms. The van der Waals surface area contributed by atoms with Gasteiger partial charge >= 0.3 is 5.97 Å². The summed E-state index contributed by atoms with van der Waals surface area (Å²) in [4.78, 5) is 24.6. The van der Waals surface area contributed by atoms with E-state index in [0.717, 1.165) is 44.9 Å². The number of unbranched alkanes of at least 4 members (excludes halogenated alkanes) is 51. The number of esters is 1. The smallest absolute Gasteiger partial charge is 0.305 e. The zero-order valence-electron chi connectivity index (χ0n) is 50.8. The largest absolute Gasteiger partial charge is 0.466 e. The first-order valence-electron chi connectivity index (χ1n) is 34.1. The highest BCUT2D eigenvalue weighted by molar-refractivity contribution is 5.76. The minimum absolute atomic E-state index is 0.0111. The van der Waals surface area contributed by atoms with E-state index in [1.807, 2.05) is 6.08 Å². The van der Waals surface area contributed by atoms with Crippen LogP contribution < -0.4 is 5.32 Å². The minimum Gasteiger partial charge on any atom is -0.466 e. The van der Waals surface area contributed by atoms with Crippen molar-refractivity contribution in [2.75, 3.05) is 13.2 Å². The molecule has 0 saturated heterocycles. The molecule has 0 aromatic carbocycles. The number of amides is 1. The lowest BCUT2D eigenvalue weighted by atomic mass is 10.0. The molecule has 3 N–H and O–H groups in total. The number of hydrogen-bond donors (Lipinski definition) is 3. The molecule has 1 amide bonds. The Morgan fingerprint density at radius 1 is 0.360 bits per heavy atom. The third kappa shape index (κ3) is 61.4. The number of carbonyl (C=O) groups is 2. The lowest BCUT2D eigenvalue weighted by Gasteiger charge is -2.20. The molecule has 2 atom stereocenters. The van der Waals surface area contributed by atoms with Crippen LogP contribution in [0.1, 0.15) is 380 Å². The Morgan fingerprint density at radius 3 is 0.947 bits per heavy atom. The number of ether oxygens (including phenoxy) is 1. The fourth-order valence-corrected chi connectivity index (χ4v) is 10.7. The van der Waals surface area contributed by atoms with Crippen molar-refractivity contribution in [1.82, 2.24) is 5.32 Å². The maximum Gasteiger partial charge on any atom is 0.305 e. The average molecular weight is 1060 g/mol. The van der Waals surface area contributed by atoms with Gasteiger partial charge in [0.15, 0.2) is 0 Å². The third-order valence-electron chi connectivity index (χ3n) is 16.0. The Hall–Kier alpha value is -1.66. The monoisotopic (exact) mass is 1060 g/mol. The molecule has 0 heterocycles. The Balaban J connectivity index is 3.43. The van der Waals surface area contributed by atoms with E-state index in [-0.39, 0.29) is 18.5 Å². The number of allylic oxidation sites excluding steroid dienone is 3. The van der Waals surface area contributed by atoms with E-state index in [1.165, 1.54) is 308 Å². The van der Waals surface area contributed by atoms with E-state index >= 15 is 0 Å². The first-order chi connectivity index (χ1) is 37.0. The molecule has 6 heteroatoms. The van der Waals surface area contributed by atoms with Gasteiger partial charge in [0.25, 0.3) is 0 Å². The van der Waals surface area contributed by atoms with Crippen LogP contribution in [0.5, 0.6) is 0 Å². The molecule has 0 spiro atoms. The average Bonchev–Trinajstić information content (AvgIpc) is 3.41. The van der Waals surface area contributed by atoms with Crippen molar-refractivity contribution in [1.29, 1.82) is 0 Å². The topological polar surface area (TPSA) is 95.9 Å². The summed E-state index contributed by atoms with van der Waals surface area (Å²) in [6, 6.07) is -0.635. The van der Waals surface area contributed by atoms with Gasteiger partial charge in [-0.2, -0.15) is 0 Å². The Morgan fingerprint density at radius 2 is 0.627 bits per heavy atom. The van der Waals surface area contributed by atoms with Gasteiger partial charge in [-0.25, -0.2) is 0 Å². The summed E-state index contributed by atoms with van der Waals surface area (Å²) >= 11 is 0. The second kappa shape index (κ2) is 64.9. The van der Waals surface area contributed by atoms with Crippen molar-refractivity contribution in [2.45, 2.75) is 392 Å². The summed E-state index contributed by atoms with van der Waals surface area (Å²) < 4.78 is 5.50. The molecule has 0 saturated carbocycles. The van der Waals surface area contributed by atoms with Crippen molar-refractivity contribution in [3.63, 3.8) is 0 Å². The van der Waals surface area contributed by atoms with E-state index < -0.39 is 12.1 Å². The van der Waals surface area contributed by atoms with Crippen molar-refractivity contribution in [3.05, 3.63) is 24.3 Å². The van der Waals surface area contributed by atoms with Gasteiger partial charge in [0.1, 0.15) is 0 Å². The van der Waals surface area contributed by atoms with E-state index in [2.05, 4.69) is 31.3 Å². The first kappa shape index (κ1) is 73.3. The SMILES string of the molecule is CCCCCCCCCCCCCCCCCCC/C=C/C(O)C(CO)NC(=O)CCCCCCCCC/C=C\CCCCCCCCCCCOC(=O)CCCCCCCCCCCCCCCCCCCCC. The summed E-state index contributed by atoms with van der Waals surface area (Å²) in [6.07, 6.45) is 80.9. The van der Waals surface area contributed by atoms with E-state index in [0.29, 0.717) is 19.4 Å². The molecule has 0 fully saturated rings. The van der Waals surface area contributed by atoms with Crippen molar-refractivity contribution in [2.24, 2.45) is 0 Å². The lowest BCUT2D eigenvalue weighted by molar-refractivity contribution is -0.143. The highest BCUT2D eigenvalue weighted by Gasteiger charge is 2.18. The number of rotatable bonds is 64. The van der Waals surface area contributed by atoms with Crippen LogP contribution in [0.2, 0.25) is 0 Å². The highest BCUT2D eigenvalue weighted by atomic mass is 16.5. The van der Waals surface area contributed by atoms with Crippen LogP contribution in [0.3, 0.4) is 0 Å². The van der Waals surface area contributed by atoms with Crippen LogP contribution in [0.4, 0.5) is 0 Å². The highest BCUT2D eigenvalue weighted by Crippen LogP contribution is 2.18. The van der Waals surface area contributed by atoms with Crippen LogP contribution in [0, 0.1) is 0 Å². The van der Waals surface area contributed by atoms with Crippen LogP contribution in [0.15, 0.2) is 24.3 Å². The summed E-state index contributed by atoms with van der Waals surface area (Å²) in [5, 5.41) is 23.2. The molecule has 0 aliphatic rings. The number of nitrogens with one attached hydrogen (secondary N) is 1. The van der Waals surface area contributed by atoms with E-state index in [9.17, 15) is 19.8 Å². The fraction of sp³-hybridized carbons (Fsp3) is 0.913. The zero-order chi connectivity index (χ0) is 54.3. The molecule has 0 radical (unpaired) electrons. The zero-order valence-corrected chi connectivity index (χ0v) is 50.8. The molecule has 444 valence electrons. The molecule has 0 aliphatic heterocycles. The summed E-state index contributed by atoms with van der Waals surface area (Å²) in [5.74, 6) is -0.0622. The molecular weight excluding hydrogens is 923 g/mol. The summed E-state index contributed by atoms with van der Waals surface area (Å²) in [6.45, 7) is 4.93. The molecule has 2 unspecified atom stereocenters. The van der Waals surface area contributed by atoms with Gasteiger partial charge in [0.05, 0.1) is 25.4 Å². The van der Waals surface area contributed by atoms with Crippen molar-refractivity contribution in [3.8, 4) is 0 Å². The Labute approximate surface area is 469 Å². The molecule has 0 aromatic rings. The van der Waals surface area contributed by atoms with Crippen LogP contribution in [-0.2, 0) is 14.3 Å². The number of hydrogen-bond acceptors (Lipinski definition) is 5. The van der Waals surface area contributed by atoms with Crippen LogP contribution in [0.25, 0.3) is 0 Å². The van der Waals surface area contributed by atoms with E-state index in [1.54, 1.807) is 6.08 Å². The van der Waals surface area contributed by atoms with Gasteiger partial charge in [-0.05, 0) is 57.8 Å². The lowest BCUT2D eigenvalue weighted by Crippen LogP contribution is -2.45. The van der Waals surface area contributed by atoms with Gasteiger partial charge in [-0.1, -0.05) is 334 Å². The maximum atomic E-state index is 12.5. The second-order valence-electron chi connectivity index (χ2n) is 23.5. The van der Waals surface area contributed by atoms with Gasteiger partial charge < -0.3 is 20.3 Å². The molecule has 0 bridgehead atoms. The Kier molecular flexibility index (Phi) is 63.4. The quantitative estimate of drug-likeness (QED) is 0.0320. The van der Waals surface area contributed by atoms with E-state index in [4.69, 9.17) is 4.74 Å². The molecule has 0 rings (SSSR count). The first-order valence-corrected chi connectivity index (χ1v) is 34.1. The van der Waals surface area contributed by atoms with Crippen LogP contribution in [-0.4, -0.2) is 47.4 Å². The maximum absolute atomic E-state index is 12.5. The van der Waals surface area contributed by atoms with Gasteiger partial charge in [-0.3, -0.25) is 9.59 Å². The van der Waals surface area contributed by atoms with Crippen LogP contribution >= 0.6 is 0 Å². The van der Waals surface area contributed by atoms with Crippen molar-refractivity contribution < 1.29 is 24.5 Å². The fourth-order valence-electron chi connectivity index (χ4n) is 10.7. The minimum atomic E-state index is -0.851. The normalized spacial score (nSPS) is 12.6. The van der Waals surface area contributed by atoms with Gasteiger partial charge in [0, 0.05) is 12.8 Å². The number of carbonyl (C=O) groups excluding carboxylic acids is 2. The predicted octanol–water partition coefficient (Wildman–Crippen LogP) is 21.8. The molecule has 6 nitrogen and oxygen atoms in total. The number of aliphatic hydroxyl groups excluding tert-OH is 2. The predicted molar refractivity (Wildman–Crippen MR) is 329 cm³/mol. The molecule has 0 aromatic heterocycles. The molecule has 0 aliphatic carbocycles. The van der Waals surface area contributed by atoms with Gasteiger partial charge in [-0.15, -0.1) is 0 Å². The summed E-state index contributed by atoms with van der Waals surface area (Å²) in [5.41, 5.74) is 0.